The Labute approximate surface area is 70.2 Å². The number of rotatable bonds is 3. The van der Waals surface area contributed by atoms with Crippen LogP contribution in [0.25, 0.3) is 0 Å². The van der Waals surface area contributed by atoms with Crippen LogP contribution >= 0.6 is 0 Å². The van der Waals surface area contributed by atoms with Gasteiger partial charge in [0.1, 0.15) is 0 Å². The van der Waals surface area contributed by atoms with Gasteiger partial charge in [0, 0.05) is 31.7 Å². The van der Waals surface area contributed by atoms with Crippen molar-refractivity contribution < 1.29 is 0 Å². The fourth-order valence-electron chi connectivity index (χ4n) is 0.921. The standard InChI is InChI=1S/C9H20N2/c1-9(2,3)10(4)5-6-11-7-8-11/h5-8H2,1-4H3. The van der Waals surface area contributed by atoms with E-state index in [-0.39, 0.29) is 0 Å². The van der Waals surface area contributed by atoms with Gasteiger partial charge in [-0.15, -0.1) is 0 Å². The largest absolute Gasteiger partial charge is 0.300 e. The second-order valence-electron chi connectivity index (χ2n) is 4.43. The minimum atomic E-state index is 0.329. The number of likely N-dealkylation sites (N-methyl/N-ethyl adjacent to an activating group) is 1. The molecule has 0 atom stereocenters. The first-order chi connectivity index (χ1) is 5.00. The van der Waals surface area contributed by atoms with E-state index in [1.165, 1.54) is 26.2 Å². The molecule has 0 aromatic heterocycles. The predicted molar refractivity (Wildman–Crippen MR) is 48.8 cm³/mol. The highest BCUT2D eigenvalue weighted by Crippen LogP contribution is 2.11. The van der Waals surface area contributed by atoms with Crippen molar-refractivity contribution in [1.29, 1.82) is 0 Å². The Hall–Kier alpha value is -0.0800. The van der Waals surface area contributed by atoms with E-state index in [1.54, 1.807) is 0 Å². The van der Waals surface area contributed by atoms with E-state index in [4.69, 9.17) is 0 Å². The second kappa shape index (κ2) is 3.11. The molecule has 0 unspecified atom stereocenters. The van der Waals surface area contributed by atoms with Crippen molar-refractivity contribution in [2.45, 2.75) is 26.3 Å². The highest BCUT2D eigenvalue weighted by atomic mass is 15.3. The Morgan fingerprint density at radius 3 is 2.18 bits per heavy atom. The van der Waals surface area contributed by atoms with Crippen molar-refractivity contribution in [3.05, 3.63) is 0 Å². The maximum absolute atomic E-state index is 2.46. The molecule has 11 heavy (non-hydrogen) atoms. The van der Waals surface area contributed by atoms with Gasteiger partial charge in [-0.2, -0.15) is 0 Å². The third-order valence-electron chi connectivity index (χ3n) is 2.44. The maximum Gasteiger partial charge on any atom is 0.0122 e. The van der Waals surface area contributed by atoms with Crippen LogP contribution in [0.3, 0.4) is 0 Å². The Kier molecular flexibility index (Phi) is 2.55. The molecule has 1 fully saturated rings. The second-order valence-corrected chi connectivity index (χ2v) is 4.43. The van der Waals surface area contributed by atoms with Gasteiger partial charge >= 0.3 is 0 Å². The van der Waals surface area contributed by atoms with Gasteiger partial charge in [-0.3, -0.25) is 4.90 Å². The summed E-state index contributed by atoms with van der Waals surface area (Å²) in [6.07, 6.45) is 0. The van der Waals surface area contributed by atoms with E-state index >= 15 is 0 Å². The van der Waals surface area contributed by atoms with Crippen molar-refractivity contribution in [1.82, 2.24) is 9.80 Å². The number of nitrogens with zero attached hydrogens (tertiary/aromatic N) is 2. The summed E-state index contributed by atoms with van der Waals surface area (Å²) in [5.41, 5.74) is 0.329. The Morgan fingerprint density at radius 2 is 1.82 bits per heavy atom. The molecular weight excluding hydrogens is 136 g/mol. The fraction of sp³-hybridized carbons (Fsp3) is 1.00. The molecule has 0 N–H and O–H groups in total. The SMILES string of the molecule is CN(CCN1CC1)C(C)(C)C. The lowest BCUT2D eigenvalue weighted by Gasteiger charge is -2.31. The summed E-state index contributed by atoms with van der Waals surface area (Å²) in [4.78, 5) is 4.87. The maximum atomic E-state index is 2.46. The van der Waals surface area contributed by atoms with Gasteiger partial charge in [0.2, 0.25) is 0 Å². The first kappa shape index (κ1) is 9.01. The highest BCUT2D eigenvalue weighted by molar-refractivity contribution is 4.77. The molecule has 1 aliphatic heterocycles. The summed E-state index contributed by atoms with van der Waals surface area (Å²) >= 11 is 0. The van der Waals surface area contributed by atoms with Crippen LogP contribution in [0.4, 0.5) is 0 Å². The van der Waals surface area contributed by atoms with Crippen LogP contribution in [0.2, 0.25) is 0 Å². The van der Waals surface area contributed by atoms with Crippen LogP contribution in [0.5, 0.6) is 0 Å². The van der Waals surface area contributed by atoms with Crippen LogP contribution < -0.4 is 0 Å². The summed E-state index contributed by atoms with van der Waals surface area (Å²) in [5, 5.41) is 0. The average molecular weight is 156 g/mol. The molecule has 0 amide bonds. The summed E-state index contributed by atoms with van der Waals surface area (Å²) in [7, 11) is 2.20. The van der Waals surface area contributed by atoms with Gasteiger partial charge in [-0.05, 0) is 27.8 Å². The molecule has 0 bridgehead atoms. The van der Waals surface area contributed by atoms with Gasteiger partial charge in [0.15, 0.2) is 0 Å². The van der Waals surface area contributed by atoms with Gasteiger partial charge in [-0.25, -0.2) is 0 Å². The summed E-state index contributed by atoms with van der Waals surface area (Å²) in [6, 6.07) is 0. The molecule has 0 aliphatic carbocycles. The molecule has 0 aromatic rings. The third kappa shape index (κ3) is 3.21. The highest BCUT2D eigenvalue weighted by Gasteiger charge is 2.21. The lowest BCUT2D eigenvalue weighted by Crippen LogP contribution is -2.40. The summed E-state index contributed by atoms with van der Waals surface area (Å²) in [5.74, 6) is 0. The van der Waals surface area contributed by atoms with Crippen molar-refractivity contribution in [2.24, 2.45) is 0 Å². The molecule has 1 rings (SSSR count). The average Bonchev–Trinajstić information content (AvgIpc) is 2.62. The van der Waals surface area contributed by atoms with Crippen molar-refractivity contribution >= 4 is 0 Å². The minimum absolute atomic E-state index is 0.329. The molecular formula is C9H20N2. The zero-order chi connectivity index (χ0) is 8.48. The first-order valence-electron chi connectivity index (χ1n) is 4.44. The first-order valence-corrected chi connectivity index (χ1v) is 4.44. The molecule has 1 aliphatic rings. The van der Waals surface area contributed by atoms with Crippen LogP contribution in [-0.2, 0) is 0 Å². The van der Waals surface area contributed by atoms with Crippen LogP contribution in [0, 0.1) is 0 Å². The molecule has 1 heterocycles. The van der Waals surface area contributed by atoms with Crippen molar-refractivity contribution in [2.75, 3.05) is 33.2 Å². The smallest absolute Gasteiger partial charge is 0.0122 e. The van der Waals surface area contributed by atoms with Crippen molar-refractivity contribution in [3.8, 4) is 0 Å². The predicted octanol–water partition coefficient (Wildman–Crippen LogP) is 1.03. The molecule has 2 heteroatoms. The molecule has 66 valence electrons. The van der Waals surface area contributed by atoms with E-state index in [0.29, 0.717) is 5.54 Å². The number of hydrogen-bond donors (Lipinski definition) is 0. The quantitative estimate of drug-likeness (QED) is 0.563. The zero-order valence-corrected chi connectivity index (χ0v) is 8.22. The third-order valence-corrected chi connectivity index (χ3v) is 2.44. The summed E-state index contributed by atoms with van der Waals surface area (Å²) in [6.45, 7) is 11.9. The fourth-order valence-corrected chi connectivity index (χ4v) is 0.921. The molecule has 1 saturated heterocycles. The van der Waals surface area contributed by atoms with Gasteiger partial charge in [-0.1, -0.05) is 0 Å². The molecule has 0 spiro atoms. The molecule has 0 radical (unpaired) electrons. The van der Waals surface area contributed by atoms with Crippen LogP contribution in [0.1, 0.15) is 20.8 Å². The van der Waals surface area contributed by atoms with Crippen LogP contribution in [-0.4, -0.2) is 48.6 Å². The van der Waals surface area contributed by atoms with Gasteiger partial charge < -0.3 is 4.90 Å². The van der Waals surface area contributed by atoms with Crippen molar-refractivity contribution in [3.63, 3.8) is 0 Å². The van der Waals surface area contributed by atoms with E-state index in [1.807, 2.05) is 0 Å². The van der Waals surface area contributed by atoms with E-state index in [9.17, 15) is 0 Å². The van der Waals surface area contributed by atoms with E-state index < -0.39 is 0 Å². The van der Waals surface area contributed by atoms with Gasteiger partial charge in [0.05, 0.1) is 0 Å². The summed E-state index contributed by atoms with van der Waals surface area (Å²) < 4.78 is 0. The Balaban J connectivity index is 2.13. The van der Waals surface area contributed by atoms with E-state index in [2.05, 4.69) is 37.6 Å². The lowest BCUT2D eigenvalue weighted by molar-refractivity contribution is 0.169. The Bertz CT molecular complexity index is 122. The number of hydrogen-bond acceptors (Lipinski definition) is 2. The lowest BCUT2D eigenvalue weighted by atomic mass is 10.1. The van der Waals surface area contributed by atoms with E-state index in [0.717, 1.165) is 0 Å². The Morgan fingerprint density at radius 1 is 1.27 bits per heavy atom. The van der Waals surface area contributed by atoms with Crippen LogP contribution in [0.15, 0.2) is 0 Å². The molecule has 0 saturated carbocycles. The normalized spacial score (nSPS) is 19.4. The van der Waals surface area contributed by atoms with Gasteiger partial charge in [0.25, 0.3) is 0 Å². The minimum Gasteiger partial charge on any atom is -0.300 e. The molecule has 2 nitrogen and oxygen atoms in total. The molecule has 0 aromatic carbocycles. The topological polar surface area (TPSA) is 6.25 Å². The zero-order valence-electron chi connectivity index (χ0n) is 8.22. The monoisotopic (exact) mass is 156 g/mol.